The normalized spacial score (nSPS) is 18.0. The van der Waals surface area contributed by atoms with E-state index in [9.17, 15) is 9.18 Å². The van der Waals surface area contributed by atoms with Crippen LogP contribution in [0.25, 0.3) is 10.9 Å². The summed E-state index contributed by atoms with van der Waals surface area (Å²) in [5.74, 6) is 4.74. The number of carbonyl (C=O) groups is 1. The van der Waals surface area contributed by atoms with Crippen molar-refractivity contribution in [2.24, 2.45) is 11.8 Å². The molecule has 1 aliphatic rings. The maximum atomic E-state index is 13.6. The van der Waals surface area contributed by atoms with Crippen molar-refractivity contribution >= 4 is 16.8 Å². The molecule has 2 aromatic rings. The molecule has 1 amide bonds. The van der Waals surface area contributed by atoms with Gasteiger partial charge < -0.3 is 4.57 Å². The Morgan fingerprint density at radius 2 is 2.24 bits per heavy atom. The van der Waals surface area contributed by atoms with E-state index in [2.05, 4.69) is 23.8 Å². The monoisotopic (exact) mass is 289 g/mol. The van der Waals surface area contributed by atoms with Gasteiger partial charge in [0.25, 0.3) is 0 Å². The van der Waals surface area contributed by atoms with Gasteiger partial charge in [-0.3, -0.25) is 10.2 Å². The molecular formula is C16H20FN3O. The third kappa shape index (κ3) is 2.21. The zero-order valence-corrected chi connectivity index (χ0v) is 12.3. The van der Waals surface area contributed by atoms with Gasteiger partial charge in [0, 0.05) is 28.6 Å². The first-order chi connectivity index (χ1) is 10.0. The second kappa shape index (κ2) is 5.15. The molecule has 0 saturated carbocycles. The Kier molecular flexibility index (Phi) is 3.45. The summed E-state index contributed by atoms with van der Waals surface area (Å²) in [4.78, 5) is 11.8. The quantitative estimate of drug-likeness (QED) is 0.507. The van der Waals surface area contributed by atoms with Gasteiger partial charge in [-0.2, -0.15) is 0 Å². The molecule has 1 heterocycles. The van der Waals surface area contributed by atoms with Crippen LogP contribution in [-0.4, -0.2) is 10.5 Å². The number of aromatic nitrogens is 1. The fourth-order valence-electron chi connectivity index (χ4n) is 3.50. The van der Waals surface area contributed by atoms with Gasteiger partial charge in [-0.15, -0.1) is 0 Å². The molecule has 4 nitrogen and oxygen atoms in total. The molecule has 0 radical (unpaired) electrons. The Labute approximate surface area is 123 Å². The minimum Gasteiger partial charge on any atom is -0.342 e. The Bertz CT molecular complexity index is 705. The number of rotatable bonds is 2. The first-order valence-corrected chi connectivity index (χ1v) is 7.34. The number of fused-ring (bicyclic) bond motifs is 3. The lowest BCUT2D eigenvalue weighted by molar-refractivity contribution is -0.125. The molecule has 1 unspecified atom stereocenters. The molecule has 1 aromatic heterocycles. The van der Waals surface area contributed by atoms with Gasteiger partial charge in [0.05, 0.1) is 0 Å². The van der Waals surface area contributed by atoms with E-state index in [4.69, 9.17) is 5.84 Å². The van der Waals surface area contributed by atoms with Crippen LogP contribution in [0, 0.1) is 11.7 Å². The number of nitrogens with two attached hydrogens (primary N) is 1. The van der Waals surface area contributed by atoms with Crippen LogP contribution in [0.3, 0.4) is 0 Å². The number of hydrogen-bond acceptors (Lipinski definition) is 2. The fraction of sp³-hybridized carbons (Fsp3) is 0.438. The Hall–Kier alpha value is -1.88. The number of halogens is 1. The van der Waals surface area contributed by atoms with E-state index in [-0.39, 0.29) is 17.6 Å². The predicted molar refractivity (Wildman–Crippen MR) is 80.1 cm³/mol. The molecule has 1 aromatic carbocycles. The van der Waals surface area contributed by atoms with Gasteiger partial charge in [-0.25, -0.2) is 10.2 Å². The van der Waals surface area contributed by atoms with Gasteiger partial charge in [-0.05, 0) is 56.9 Å². The summed E-state index contributed by atoms with van der Waals surface area (Å²) < 4.78 is 15.9. The Balaban J connectivity index is 2.18. The zero-order chi connectivity index (χ0) is 15.1. The zero-order valence-electron chi connectivity index (χ0n) is 12.3. The van der Waals surface area contributed by atoms with Crippen LogP contribution in [0.5, 0.6) is 0 Å². The third-order valence-corrected chi connectivity index (χ3v) is 4.39. The van der Waals surface area contributed by atoms with Crippen molar-refractivity contribution in [3.05, 3.63) is 35.3 Å². The van der Waals surface area contributed by atoms with Crippen molar-refractivity contribution in [3.63, 3.8) is 0 Å². The molecule has 1 atom stereocenters. The van der Waals surface area contributed by atoms with Crippen LogP contribution in [0.15, 0.2) is 18.2 Å². The summed E-state index contributed by atoms with van der Waals surface area (Å²) in [5.41, 5.74) is 5.60. The summed E-state index contributed by atoms with van der Waals surface area (Å²) >= 11 is 0. The standard InChI is InChI=1S/C16H20FN3O/c1-9(2)20-14-5-3-10(16(21)19-18)7-12(14)13-8-11(17)4-6-15(13)20/h4,6,8-10H,3,5,7,18H2,1-2H3,(H,19,21). The largest absolute Gasteiger partial charge is 0.342 e. The summed E-state index contributed by atoms with van der Waals surface area (Å²) in [7, 11) is 0. The van der Waals surface area contributed by atoms with Gasteiger partial charge in [0.15, 0.2) is 0 Å². The van der Waals surface area contributed by atoms with E-state index in [1.54, 1.807) is 6.07 Å². The van der Waals surface area contributed by atoms with E-state index in [0.717, 1.165) is 29.3 Å². The van der Waals surface area contributed by atoms with Crippen LogP contribution in [0.4, 0.5) is 4.39 Å². The number of nitrogens with one attached hydrogen (secondary N) is 1. The molecule has 21 heavy (non-hydrogen) atoms. The molecule has 0 spiro atoms. The fourth-order valence-corrected chi connectivity index (χ4v) is 3.50. The number of hydrazine groups is 1. The predicted octanol–water partition coefficient (Wildman–Crippen LogP) is 2.46. The lowest BCUT2D eigenvalue weighted by Crippen LogP contribution is -2.38. The maximum Gasteiger partial charge on any atom is 0.237 e. The average molecular weight is 289 g/mol. The summed E-state index contributed by atoms with van der Waals surface area (Å²) in [6, 6.07) is 5.22. The second-order valence-corrected chi connectivity index (χ2v) is 6.00. The van der Waals surface area contributed by atoms with Gasteiger partial charge in [-0.1, -0.05) is 0 Å². The number of hydrogen-bond donors (Lipinski definition) is 2. The number of benzene rings is 1. The Morgan fingerprint density at radius 3 is 2.90 bits per heavy atom. The van der Waals surface area contributed by atoms with Crippen LogP contribution in [-0.2, 0) is 17.6 Å². The van der Waals surface area contributed by atoms with E-state index in [0.29, 0.717) is 12.5 Å². The van der Waals surface area contributed by atoms with E-state index in [1.165, 1.54) is 11.8 Å². The molecule has 5 heteroatoms. The highest BCUT2D eigenvalue weighted by Gasteiger charge is 2.29. The van der Waals surface area contributed by atoms with E-state index >= 15 is 0 Å². The molecule has 0 aliphatic heterocycles. The second-order valence-electron chi connectivity index (χ2n) is 6.00. The van der Waals surface area contributed by atoms with Crippen LogP contribution in [0.1, 0.15) is 37.6 Å². The summed E-state index contributed by atoms with van der Waals surface area (Å²) in [6.07, 6.45) is 2.22. The van der Waals surface area contributed by atoms with Crippen LogP contribution < -0.4 is 11.3 Å². The first-order valence-electron chi connectivity index (χ1n) is 7.34. The van der Waals surface area contributed by atoms with Crippen molar-refractivity contribution in [2.75, 3.05) is 0 Å². The minimum absolute atomic E-state index is 0.128. The van der Waals surface area contributed by atoms with Crippen molar-refractivity contribution in [1.82, 2.24) is 9.99 Å². The van der Waals surface area contributed by atoms with Crippen molar-refractivity contribution in [3.8, 4) is 0 Å². The van der Waals surface area contributed by atoms with Crippen LogP contribution in [0.2, 0.25) is 0 Å². The lowest BCUT2D eigenvalue weighted by atomic mass is 9.86. The van der Waals surface area contributed by atoms with E-state index < -0.39 is 0 Å². The average Bonchev–Trinajstić information content (AvgIpc) is 2.79. The molecular weight excluding hydrogens is 269 g/mol. The first kappa shape index (κ1) is 14.1. The number of nitrogens with zero attached hydrogens (tertiary/aromatic N) is 1. The van der Waals surface area contributed by atoms with Gasteiger partial charge in [0.2, 0.25) is 5.91 Å². The molecule has 112 valence electrons. The molecule has 0 bridgehead atoms. The molecule has 0 fully saturated rings. The Morgan fingerprint density at radius 1 is 1.48 bits per heavy atom. The highest BCUT2D eigenvalue weighted by atomic mass is 19.1. The summed E-state index contributed by atoms with van der Waals surface area (Å²) in [6.45, 7) is 4.25. The van der Waals surface area contributed by atoms with Gasteiger partial charge in [0.1, 0.15) is 5.82 Å². The molecule has 3 rings (SSSR count). The number of amides is 1. The minimum atomic E-state index is -0.239. The van der Waals surface area contributed by atoms with Gasteiger partial charge >= 0.3 is 0 Å². The highest BCUT2D eigenvalue weighted by Crippen LogP contribution is 2.36. The SMILES string of the molecule is CC(C)n1c2c(c3cc(F)ccc31)CC(C(=O)NN)CC2. The van der Waals surface area contributed by atoms with Crippen molar-refractivity contribution in [1.29, 1.82) is 0 Å². The smallest absolute Gasteiger partial charge is 0.237 e. The van der Waals surface area contributed by atoms with Crippen molar-refractivity contribution < 1.29 is 9.18 Å². The number of carbonyl (C=O) groups excluding carboxylic acids is 1. The lowest BCUT2D eigenvalue weighted by Gasteiger charge is -2.24. The topological polar surface area (TPSA) is 60.0 Å². The van der Waals surface area contributed by atoms with Crippen molar-refractivity contribution in [2.45, 2.75) is 39.2 Å². The maximum absolute atomic E-state index is 13.6. The molecule has 3 N–H and O–H groups in total. The van der Waals surface area contributed by atoms with Crippen LogP contribution >= 0.6 is 0 Å². The highest BCUT2D eigenvalue weighted by molar-refractivity contribution is 5.88. The van der Waals surface area contributed by atoms with E-state index in [1.807, 2.05) is 6.07 Å². The third-order valence-electron chi connectivity index (χ3n) is 4.39. The molecule has 0 saturated heterocycles. The summed E-state index contributed by atoms with van der Waals surface area (Å²) in [5, 5.41) is 0.924. The molecule has 1 aliphatic carbocycles.